The van der Waals surface area contributed by atoms with Gasteiger partial charge < -0.3 is 0 Å². The highest BCUT2D eigenvalue weighted by Crippen LogP contribution is 2.42. The minimum atomic E-state index is -0.310. The van der Waals surface area contributed by atoms with E-state index >= 15 is 0 Å². The Bertz CT molecular complexity index is 1040. The van der Waals surface area contributed by atoms with Crippen LogP contribution in [0.5, 0.6) is 0 Å². The molecule has 0 amide bonds. The fourth-order valence-corrected chi connectivity index (χ4v) is 3.90. The number of aromatic amines is 1. The molecule has 130 valence electrons. The van der Waals surface area contributed by atoms with Crippen LogP contribution in [0.4, 0.5) is 0 Å². The first kappa shape index (κ1) is 15.7. The molecule has 1 aromatic carbocycles. The molecule has 4 heteroatoms. The van der Waals surface area contributed by atoms with E-state index in [-0.39, 0.29) is 5.41 Å². The molecule has 3 heterocycles. The predicted molar refractivity (Wildman–Crippen MR) is 106 cm³/mol. The smallest absolute Gasteiger partial charge is 0.0995 e. The summed E-state index contributed by atoms with van der Waals surface area (Å²) < 4.78 is 0. The predicted octanol–water partition coefficient (Wildman–Crippen LogP) is 4.42. The number of nitrogens with zero attached hydrogens (tertiary/aromatic N) is 3. The second-order valence-electron chi connectivity index (χ2n) is 6.80. The third-order valence-electron chi connectivity index (χ3n) is 5.27. The monoisotopic (exact) mass is 350 g/mol. The van der Waals surface area contributed by atoms with Gasteiger partial charge in [0.25, 0.3) is 0 Å². The van der Waals surface area contributed by atoms with Gasteiger partial charge in [0.15, 0.2) is 0 Å². The van der Waals surface area contributed by atoms with Crippen LogP contribution in [0.15, 0.2) is 85.5 Å². The number of H-pyrrole nitrogens is 1. The van der Waals surface area contributed by atoms with Crippen LogP contribution in [-0.2, 0) is 11.8 Å². The largest absolute Gasteiger partial charge is 0.281 e. The maximum atomic E-state index is 4.61. The molecule has 0 unspecified atom stereocenters. The topological polar surface area (TPSA) is 54.5 Å². The number of aromatic nitrogens is 4. The van der Waals surface area contributed by atoms with Crippen molar-refractivity contribution in [3.05, 3.63) is 108 Å². The van der Waals surface area contributed by atoms with Gasteiger partial charge in [-0.2, -0.15) is 5.10 Å². The molecule has 1 aliphatic carbocycles. The summed E-state index contributed by atoms with van der Waals surface area (Å²) in [5.41, 5.74) is 6.39. The van der Waals surface area contributed by atoms with Crippen molar-refractivity contribution in [3.63, 3.8) is 0 Å². The van der Waals surface area contributed by atoms with Crippen LogP contribution in [0, 0.1) is 0 Å². The molecular formula is C23H18N4. The second-order valence-corrected chi connectivity index (χ2v) is 6.80. The third-order valence-corrected chi connectivity index (χ3v) is 5.27. The first-order valence-electron chi connectivity index (χ1n) is 9.00. The van der Waals surface area contributed by atoms with Gasteiger partial charge in [-0.15, -0.1) is 0 Å². The Morgan fingerprint density at radius 3 is 2.15 bits per heavy atom. The number of benzene rings is 1. The van der Waals surface area contributed by atoms with Crippen molar-refractivity contribution in [2.45, 2.75) is 11.8 Å². The Kier molecular flexibility index (Phi) is 3.68. The van der Waals surface area contributed by atoms with Gasteiger partial charge in [0.2, 0.25) is 0 Å². The molecule has 5 rings (SSSR count). The van der Waals surface area contributed by atoms with Crippen molar-refractivity contribution >= 4 is 6.08 Å². The number of nitrogens with one attached hydrogen (secondary N) is 1. The third kappa shape index (κ3) is 2.57. The molecule has 0 radical (unpaired) electrons. The molecule has 0 spiro atoms. The van der Waals surface area contributed by atoms with E-state index in [2.05, 4.69) is 56.6 Å². The van der Waals surface area contributed by atoms with Gasteiger partial charge in [-0.1, -0.05) is 54.6 Å². The van der Waals surface area contributed by atoms with Gasteiger partial charge >= 0.3 is 0 Å². The summed E-state index contributed by atoms with van der Waals surface area (Å²) in [6.45, 7) is 0. The zero-order valence-electron chi connectivity index (χ0n) is 14.7. The number of pyridine rings is 2. The van der Waals surface area contributed by atoms with E-state index in [0.29, 0.717) is 0 Å². The van der Waals surface area contributed by atoms with Gasteiger partial charge in [-0.25, -0.2) is 0 Å². The molecule has 27 heavy (non-hydrogen) atoms. The van der Waals surface area contributed by atoms with Gasteiger partial charge in [-0.05, 0) is 23.3 Å². The summed E-state index contributed by atoms with van der Waals surface area (Å²) in [4.78, 5) is 8.72. The van der Waals surface area contributed by atoms with E-state index in [4.69, 9.17) is 0 Å². The molecule has 0 atom stereocenters. The number of allylic oxidation sites excluding steroid dienone is 1. The van der Waals surface area contributed by atoms with Crippen molar-refractivity contribution in [1.82, 2.24) is 20.2 Å². The van der Waals surface area contributed by atoms with Crippen molar-refractivity contribution < 1.29 is 0 Å². The van der Waals surface area contributed by atoms with Crippen LogP contribution in [-0.4, -0.2) is 20.2 Å². The number of rotatable bonds is 3. The maximum absolute atomic E-state index is 4.61. The molecule has 4 aromatic rings. The van der Waals surface area contributed by atoms with Crippen LogP contribution < -0.4 is 0 Å². The average molecular weight is 350 g/mol. The molecule has 4 nitrogen and oxygen atoms in total. The van der Waals surface area contributed by atoms with E-state index in [1.807, 2.05) is 55.1 Å². The normalized spacial score (nSPS) is 14.7. The lowest BCUT2D eigenvalue weighted by Gasteiger charge is -2.33. The molecule has 0 fully saturated rings. The summed E-state index contributed by atoms with van der Waals surface area (Å²) in [7, 11) is 0. The first-order chi connectivity index (χ1) is 13.4. The first-order valence-corrected chi connectivity index (χ1v) is 9.00. The highest BCUT2D eigenvalue weighted by atomic mass is 15.1. The van der Waals surface area contributed by atoms with E-state index in [0.717, 1.165) is 40.1 Å². The van der Waals surface area contributed by atoms with Crippen LogP contribution in [0.1, 0.15) is 22.4 Å². The zero-order valence-corrected chi connectivity index (χ0v) is 14.7. The van der Waals surface area contributed by atoms with Gasteiger partial charge in [0.05, 0.1) is 5.69 Å². The molecule has 0 aliphatic heterocycles. The fourth-order valence-electron chi connectivity index (χ4n) is 3.90. The number of hydrogen-bond acceptors (Lipinski definition) is 3. The number of hydrogen-bond donors (Lipinski definition) is 1. The summed E-state index contributed by atoms with van der Waals surface area (Å²) in [5, 5.41) is 7.89. The molecule has 3 aromatic heterocycles. The van der Waals surface area contributed by atoms with E-state index in [9.17, 15) is 0 Å². The van der Waals surface area contributed by atoms with E-state index in [1.54, 1.807) is 0 Å². The minimum absolute atomic E-state index is 0.310. The van der Waals surface area contributed by atoms with E-state index in [1.165, 1.54) is 0 Å². The lowest BCUT2D eigenvalue weighted by atomic mass is 9.69. The summed E-state index contributed by atoms with van der Waals surface area (Å²) in [6, 6.07) is 18.5. The summed E-state index contributed by atoms with van der Waals surface area (Å²) in [5.74, 6) is 0. The van der Waals surface area contributed by atoms with Gasteiger partial charge in [0.1, 0.15) is 0 Å². The van der Waals surface area contributed by atoms with Crippen molar-refractivity contribution in [2.75, 3.05) is 0 Å². The van der Waals surface area contributed by atoms with Crippen molar-refractivity contribution in [1.29, 1.82) is 0 Å². The van der Waals surface area contributed by atoms with Crippen LogP contribution in [0.25, 0.3) is 17.3 Å². The van der Waals surface area contributed by atoms with Crippen molar-refractivity contribution in [2.24, 2.45) is 0 Å². The van der Waals surface area contributed by atoms with Crippen LogP contribution in [0.3, 0.4) is 0 Å². The molecule has 0 saturated carbocycles. The number of fused-ring (bicyclic) bond motifs is 1. The second kappa shape index (κ2) is 6.32. The Morgan fingerprint density at radius 2 is 1.52 bits per heavy atom. The Morgan fingerprint density at radius 1 is 0.815 bits per heavy atom. The van der Waals surface area contributed by atoms with Crippen LogP contribution in [0.2, 0.25) is 0 Å². The lowest BCUT2D eigenvalue weighted by Crippen LogP contribution is -2.30. The lowest BCUT2D eigenvalue weighted by molar-refractivity contribution is 0.615. The standard InChI is InChI=1S/C23H18N4/c1-2-6-17(7-3-1)22-20-10-11-23(14-21(20)26-27-22,18-8-4-12-24-15-18)19-9-5-13-25-16-19/h1-13,15-16H,14H2,(H,26,27). The SMILES string of the molecule is C1=CC(c2cccnc2)(c2cccnc2)Cc2[nH]nc(-c3ccccc3)c21. The highest BCUT2D eigenvalue weighted by molar-refractivity contribution is 5.76. The summed E-state index contributed by atoms with van der Waals surface area (Å²) >= 11 is 0. The Labute approximate surface area is 157 Å². The average Bonchev–Trinajstić information content (AvgIpc) is 3.18. The van der Waals surface area contributed by atoms with Crippen molar-refractivity contribution in [3.8, 4) is 11.3 Å². The maximum Gasteiger partial charge on any atom is 0.0995 e. The molecule has 1 aliphatic rings. The fraction of sp³-hybridized carbons (Fsp3) is 0.0870. The molecule has 0 bridgehead atoms. The van der Waals surface area contributed by atoms with E-state index < -0.39 is 0 Å². The molecular weight excluding hydrogens is 332 g/mol. The molecule has 1 N–H and O–H groups in total. The highest BCUT2D eigenvalue weighted by Gasteiger charge is 2.37. The quantitative estimate of drug-likeness (QED) is 0.595. The zero-order chi connectivity index (χ0) is 18.1. The minimum Gasteiger partial charge on any atom is -0.281 e. The van der Waals surface area contributed by atoms with Gasteiger partial charge in [-0.3, -0.25) is 15.1 Å². The van der Waals surface area contributed by atoms with Gasteiger partial charge in [0, 0.05) is 53.4 Å². The molecule has 0 saturated heterocycles. The van der Waals surface area contributed by atoms with Crippen LogP contribution >= 0.6 is 0 Å². The Hall–Kier alpha value is -3.53. The Balaban J connectivity index is 1.66. The summed E-state index contributed by atoms with van der Waals surface area (Å²) in [6.07, 6.45) is 12.7.